The van der Waals surface area contributed by atoms with E-state index >= 15 is 0 Å². The predicted octanol–water partition coefficient (Wildman–Crippen LogP) is 5.11. The zero-order chi connectivity index (χ0) is 31.5. The van der Waals surface area contributed by atoms with E-state index in [1.54, 1.807) is 31.0 Å². The average Bonchev–Trinajstić information content (AvgIpc) is 3.52. The van der Waals surface area contributed by atoms with Crippen LogP contribution in [0.4, 0.5) is 9.18 Å². The Hall–Kier alpha value is -2.62. The van der Waals surface area contributed by atoms with Crippen molar-refractivity contribution in [2.75, 3.05) is 46.4 Å². The molecule has 5 rings (SSSR count). The molecular formula is C30H34ClFIN5O5S. The number of esters is 2. The van der Waals surface area contributed by atoms with Crippen molar-refractivity contribution in [1.82, 2.24) is 19.7 Å². The lowest BCUT2D eigenvalue weighted by Crippen LogP contribution is -2.62. The second-order valence-electron chi connectivity index (χ2n) is 11.0. The van der Waals surface area contributed by atoms with Gasteiger partial charge in [-0.1, -0.05) is 23.7 Å². The molecule has 3 fully saturated rings. The number of methoxy groups -OCH3 is 1. The predicted molar refractivity (Wildman–Crippen MR) is 174 cm³/mol. The smallest absolute Gasteiger partial charge is 0.336 e. The molecule has 1 aliphatic carbocycles. The maximum absolute atomic E-state index is 14.8. The second-order valence-corrected chi connectivity index (χ2v) is 13.3. The van der Waals surface area contributed by atoms with Gasteiger partial charge >= 0.3 is 18.0 Å². The van der Waals surface area contributed by atoms with Gasteiger partial charge in [0.25, 0.3) is 0 Å². The molecule has 0 unspecified atom stereocenters. The van der Waals surface area contributed by atoms with Crippen LogP contribution < -0.4 is 0 Å². The summed E-state index contributed by atoms with van der Waals surface area (Å²) in [6.45, 7) is 5.71. The minimum absolute atomic E-state index is 0.0539. The summed E-state index contributed by atoms with van der Waals surface area (Å²) < 4.78 is 26.0. The number of fused-ring (bicyclic) bond motifs is 1. The van der Waals surface area contributed by atoms with Gasteiger partial charge in [0, 0.05) is 49.9 Å². The molecule has 0 radical (unpaired) electrons. The molecule has 44 heavy (non-hydrogen) atoms. The Kier molecular flexibility index (Phi) is 10.6. The number of hydrogen-bond acceptors (Lipinski definition) is 9. The third-order valence-corrected chi connectivity index (χ3v) is 10.5. The third-order valence-electron chi connectivity index (χ3n) is 8.12. The Morgan fingerprint density at radius 1 is 1.30 bits per heavy atom. The van der Waals surface area contributed by atoms with E-state index in [1.807, 2.05) is 37.8 Å². The number of carbonyl (C=O) groups excluding carboxylic acids is 3. The topological polar surface area (TPSA) is 105 Å². The van der Waals surface area contributed by atoms with Gasteiger partial charge in [0.1, 0.15) is 26.6 Å². The molecule has 2 aliphatic heterocycles. The fourth-order valence-corrected chi connectivity index (χ4v) is 7.43. The molecule has 1 aromatic heterocycles. The lowest BCUT2D eigenvalue weighted by Gasteiger charge is -2.42. The SMILES string of the molecule is CCOC(=O)/C(=C(/C)CN1CCN2C(=O)N(CC3CC3)C[C@H]2[C@@H]1C(=O)OC)[C@@H](N=C(I)c1nccs1)c1cccc(F)c1Cl. The molecule has 1 aromatic carbocycles. The van der Waals surface area contributed by atoms with Crippen molar-refractivity contribution in [3.05, 3.63) is 62.3 Å². The molecule has 0 bridgehead atoms. The number of thiazole rings is 1. The van der Waals surface area contributed by atoms with Crippen molar-refractivity contribution in [3.63, 3.8) is 0 Å². The van der Waals surface area contributed by atoms with E-state index in [0.717, 1.165) is 12.8 Å². The number of nitrogens with zero attached hydrogens (tertiary/aromatic N) is 5. The van der Waals surface area contributed by atoms with E-state index in [4.69, 9.17) is 26.1 Å². The summed E-state index contributed by atoms with van der Waals surface area (Å²) in [5, 5.41) is 2.29. The standard InChI is InChI=1S/C30H34ClFIN5O5S/c1-4-43-28(39)22(24(19-6-5-7-20(32)23(19)31)35-26(33)27-34-10-13-44-27)17(2)14-36-11-12-38-21(25(36)29(40)42-3)16-37(30(38)41)15-18-8-9-18/h5-7,10,13,18,21,24-25H,4,8-9,11-12,14-16H2,1-3H3/b22-17-,35-26?/t21-,24-,25+/m0/s1. The van der Waals surface area contributed by atoms with E-state index in [9.17, 15) is 18.8 Å². The van der Waals surface area contributed by atoms with Crippen molar-refractivity contribution in [2.45, 2.75) is 44.8 Å². The van der Waals surface area contributed by atoms with Gasteiger partial charge in [-0.15, -0.1) is 11.3 Å². The minimum atomic E-state index is -1.02. The minimum Gasteiger partial charge on any atom is -0.468 e. The number of amides is 2. The molecular weight excluding hydrogens is 724 g/mol. The van der Waals surface area contributed by atoms with Gasteiger partial charge in [0.2, 0.25) is 0 Å². The maximum Gasteiger partial charge on any atom is 0.336 e. The number of benzene rings is 1. The van der Waals surface area contributed by atoms with Crippen molar-refractivity contribution in [3.8, 4) is 0 Å². The zero-order valence-electron chi connectivity index (χ0n) is 24.7. The van der Waals surface area contributed by atoms with Gasteiger partial charge in [-0.2, -0.15) is 0 Å². The largest absolute Gasteiger partial charge is 0.468 e. The monoisotopic (exact) mass is 757 g/mol. The number of hydrogen-bond donors (Lipinski definition) is 0. The molecule has 0 spiro atoms. The van der Waals surface area contributed by atoms with E-state index in [2.05, 4.69) is 4.98 Å². The van der Waals surface area contributed by atoms with Gasteiger partial charge in [0.05, 0.1) is 30.4 Å². The van der Waals surface area contributed by atoms with Gasteiger partial charge in [0.15, 0.2) is 0 Å². The Labute approximate surface area is 278 Å². The van der Waals surface area contributed by atoms with E-state index in [-0.39, 0.29) is 29.8 Å². The molecule has 3 heterocycles. The normalized spacial score (nSPS) is 22.0. The number of aliphatic imine (C=N–C) groups is 1. The van der Waals surface area contributed by atoms with E-state index < -0.39 is 35.9 Å². The first-order valence-corrected chi connectivity index (χ1v) is 16.8. The molecule has 3 atom stereocenters. The molecule has 10 nitrogen and oxygen atoms in total. The summed E-state index contributed by atoms with van der Waals surface area (Å²) in [6, 6.07) is 2.19. The third kappa shape index (κ3) is 6.95. The van der Waals surface area contributed by atoms with Crippen molar-refractivity contribution in [2.24, 2.45) is 10.9 Å². The Bertz CT molecular complexity index is 1470. The molecule has 14 heteroatoms. The molecule has 1 saturated carbocycles. The van der Waals surface area contributed by atoms with Gasteiger partial charge in [-0.25, -0.2) is 19.0 Å². The van der Waals surface area contributed by atoms with Crippen molar-refractivity contribution >= 4 is 67.2 Å². The van der Waals surface area contributed by atoms with Crippen LogP contribution in [0.2, 0.25) is 5.02 Å². The molecule has 2 aromatic rings. The number of rotatable bonds is 11. The summed E-state index contributed by atoms with van der Waals surface area (Å²) in [6.07, 6.45) is 3.88. The molecule has 2 amide bonds. The highest BCUT2D eigenvalue weighted by Crippen LogP contribution is 2.38. The summed E-state index contributed by atoms with van der Waals surface area (Å²) in [7, 11) is 1.34. The van der Waals surface area contributed by atoms with Gasteiger partial charge in [-0.3, -0.25) is 14.7 Å². The Morgan fingerprint density at radius 2 is 2.07 bits per heavy atom. The Balaban J connectivity index is 1.55. The highest BCUT2D eigenvalue weighted by molar-refractivity contribution is 14.1. The highest BCUT2D eigenvalue weighted by atomic mass is 127. The number of aromatic nitrogens is 1. The molecule has 2 saturated heterocycles. The average molecular weight is 758 g/mol. The summed E-state index contributed by atoms with van der Waals surface area (Å²) >= 11 is 9.91. The fraction of sp³-hybridized carbons (Fsp3) is 0.500. The van der Waals surface area contributed by atoms with Crippen molar-refractivity contribution in [1.29, 1.82) is 0 Å². The van der Waals surface area contributed by atoms with Crippen LogP contribution in [0.3, 0.4) is 0 Å². The van der Waals surface area contributed by atoms with E-state index in [0.29, 0.717) is 52.0 Å². The van der Waals surface area contributed by atoms with Crippen LogP contribution in [0.5, 0.6) is 0 Å². The van der Waals surface area contributed by atoms with Crippen LogP contribution in [-0.4, -0.2) is 99.9 Å². The summed E-state index contributed by atoms with van der Waals surface area (Å²) in [5.41, 5.74) is 1.06. The number of piperazine rings is 1. The number of ether oxygens (including phenoxy) is 2. The van der Waals surface area contributed by atoms with Crippen molar-refractivity contribution < 1.29 is 28.2 Å². The fourth-order valence-electron chi connectivity index (χ4n) is 5.88. The summed E-state index contributed by atoms with van der Waals surface area (Å²) in [5.74, 6) is -1.20. The highest BCUT2D eigenvalue weighted by Gasteiger charge is 2.50. The van der Waals surface area contributed by atoms with E-state index in [1.165, 1.54) is 30.6 Å². The van der Waals surface area contributed by atoms with Crippen LogP contribution in [-0.2, 0) is 19.1 Å². The molecule has 3 aliphatic rings. The summed E-state index contributed by atoms with van der Waals surface area (Å²) in [4.78, 5) is 54.9. The second kappa shape index (κ2) is 14.2. The first-order valence-electron chi connectivity index (χ1n) is 14.5. The number of carbonyl (C=O) groups is 3. The zero-order valence-corrected chi connectivity index (χ0v) is 28.4. The van der Waals surface area contributed by atoms with Gasteiger partial charge in [-0.05, 0) is 66.8 Å². The lowest BCUT2D eigenvalue weighted by molar-refractivity contribution is -0.150. The molecule has 0 N–H and O–H groups in total. The maximum atomic E-state index is 14.8. The van der Waals surface area contributed by atoms with Crippen LogP contribution >= 0.6 is 45.5 Å². The number of halogens is 3. The molecule has 236 valence electrons. The van der Waals surface area contributed by atoms with Crippen LogP contribution in [0, 0.1) is 11.7 Å². The van der Waals surface area contributed by atoms with Crippen LogP contribution in [0.15, 0.2) is 45.9 Å². The van der Waals surface area contributed by atoms with Crippen LogP contribution in [0.25, 0.3) is 0 Å². The number of urea groups is 1. The first-order chi connectivity index (χ1) is 21.1. The van der Waals surface area contributed by atoms with Crippen LogP contribution in [0.1, 0.15) is 43.3 Å². The quantitative estimate of drug-likeness (QED) is 0.136. The Morgan fingerprint density at radius 3 is 2.73 bits per heavy atom. The lowest BCUT2D eigenvalue weighted by atomic mass is 9.93. The first kappa shape index (κ1) is 32.8. The van der Waals surface area contributed by atoms with Gasteiger partial charge < -0.3 is 19.3 Å².